The summed E-state index contributed by atoms with van der Waals surface area (Å²) < 4.78 is 0. The Bertz CT molecular complexity index is 1020. The molecule has 1 saturated heterocycles. The zero-order valence-electron chi connectivity index (χ0n) is 17.3. The highest BCUT2D eigenvalue weighted by molar-refractivity contribution is 7.99. The van der Waals surface area contributed by atoms with E-state index in [0.717, 1.165) is 46.4 Å². The normalized spacial score (nSPS) is 16.3. The Morgan fingerprint density at radius 3 is 2.63 bits per heavy atom. The van der Waals surface area contributed by atoms with Gasteiger partial charge in [0.15, 0.2) is 5.82 Å². The molecule has 0 spiro atoms. The first-order valence-corrected chi connectivity index (χ1v) is 11.1. The van der Waals surface area contributed by atoms with Gasteiger partial charge in [-0.3, -0.25) is 4.79 Å². The minimum absolute atomic E-state index is 0.0717. The van der Waals surface area contributed by atoms with Crippen LogP contribution in [0.25, 0.3) is 0 Å². The largest absolute Gasteiger partial charge is 0.354 e. The molecule has 3 aromatic rings. The number of anilines is 2. The summed E-state index contributed by atoms with van der Waals surface area (Å²) in [6.07, 6.45) is 5.30. The highest BCUT2D eigenvalue weighted by Gasteiger charge is 2.28. The third-order valence-corrected chi connectivity index (χ3v) is 6.37. The number of nitrogens with one attached hydrogen (secondary N) is 1. The standard InChI is InChI=1S/C24H26N4OS/c1-17-9-11-20(12-10-17)30-24-22(25-13-14-26-24)28-15-5-7-19(16-28)23(29)27-21-8-4-3-6-18(21)2/h3-4,6,8-14,19H,5,7,15-16H2,1-2H3,(H,27,29)/t19-/m1/s1. The molecule has 154 valence electrons. The van der Waals surface area contributed by atoms with E-state index in [0.29, 0.717) is 6.54 Å². The monoisotopic (exact) mass is 418 g/mol. The van der Waals surface area contributed by atoms with Gasteiger partial charge in [-0.2, -0.15) is 0 Å². The van der Waals surface area contributed by atoms with E-state index in [4.69, 9.17) is 0 Å². The maximum atomic E-state index is 12.9. The predicted octanol–water partition coefficient (Wildman–Crippen LogP) is 5.10. The molecule has 1 aliphatic rings. The first kappa shape index (κ1) is 20.4. The Hall–Kier alpha value is -2.86. The Morgan fingerprint density at radius 2 is 1.83 bits per heavy atom. The van der Waals surface area contributed by atoms with Gasteiger partial charge < -0.3 is 10.2 Å². The SMILES string of the molecule is Cc1ccc(Sc2nccnc2N2CCC[C@@H](C(=O)Nc3ccccc3C)C2)cc1. The topological polar surface area (TPSA) is 58.1 Å². The van der Waals surface area contributed by atoms with Gasteiger partial charge in [-0.1, -0.05) is 47.7 Å². The van der Waals surface area contributed by atoms with Crippen molar-refractivity contribution in [2.45, 2.75) is 36.6 Å². The lowest BCUT2D eigenvalue weighted by Gasteiger charge is -2.33. The van der Waals surface area contributed by atoms with Crippen molar-refractivity contribution in [2.75, 3.05) is 23.3 Å². The molecule has 4 rings (SSSR count). The van der Waals surface area contributed by atoms with E-state index in [2.05, 4.69) is 51.4 Å². The summed E-state index contributed by atoms with van der Waals surface area (Å²) in [6.45, 7) is 5.63. The molecule has 0 aliphatic carbocycles. The van der Waals surface area contributed by atoms with Crippen molar-refractivity contribution >= 4 is 29.2 Å². The summed E-state index contributed by atoms with van der Waals surface area (Å²) in [7, 11) is 0. The first-order chi connectivity index (χ1) is 14.6. The van der Waals surface area contributed by atoms with E-state index in [9.17, 15) is 4.79 Å². The van der Waals surface area contributed by atoms with Crippen LogP contribution in [0.2, 0.25) is 0 Å². The van der Waals surface area contributed by atoms with Gasteiger partial charge in [0, 0.05) is 36.1 Å². The second kappa shape index (κ2) is 9.30. The van der Waals surface area contributed by atoms with Crippen molar-refractivity contribution in [3.05, 3.63) is 72.1 Å². The van der Waals surface area contributed by atoms with Gasteiger partial charge >= 0.3 is 0 Å². The third-order valence-electron chi connectivity index (χ3n) is 5.38. The Kier molecular flexibility index (Phi) is 6.33. The number of hydrogen-bond donors (Lipinski definition) is 1. The molecule has 0 unspecified atom stereocenters. The van der Waals surface area contributed by atoms with Gasteiger partial charge in [-0.05, 0) is 50.5 Å². The number of carbonyl (C=O) groups excluding carboxylic acids is 1. The number of hydrogen-bond acceptors (Lipinski definition) is 5. The average molecular weight is 419 g/mol. The summed E-state index contributed by atoms with van der Waals surface area (Å²) in [5.41, 5.74) is 3.19. The van der Waals surface area contributed by atoms with Crippen LogP contribution in [0.15, 0.2) is 70.8 Å². The Morgan fingerprint density at radius 1 is 1.07 bits per heavy atom. The van der Waals surface area contributed by atoms with Gasteiger partial charge in [0.05, 0.1) is 5.92 Å². The minimum Gasteiger partial charge on any atom is -0.354 e. The van der Waals surface area contributed by atoms with E-state index in [1.54, 1.807) is 24.2 Å². The number of benzene rings is 2. The van der Waals surface area contributed by atoms with Crippen LogP contribution in [-0.4, -0.2) is 29.0 Å². The van der Waals surface area contributed by atoms with Crippen LogP contribution in [-0.2, 0) is 4.79 Å². The molecule has 0 radical (unpaired) electrons. The molecule has 0 bridgehead atoms. The summed E-state index contributed by atoms with van der Waals surface area (Å²) in [6, 6.07) is 16.3. The van der Waals surface area contributed by atoms with E-state index >= 15 is 0 Å². The highest BCUT2D eigenvalue weighted by Crippen LogP contribution is 2.34. The fourth-order valence-corrected chi connectivity index (χ4v) is 4.54. The molecule has 2 heterocycles. The molecule has 6 heteroatoms. The van der Waals surface area contributed by atoms with Crippen LogP contribution < -0.4 is 10.2 Å². The maximum absolute atomic E-state index is 12.9. The zero-order chi connectivity index (χ0) is 20.9. The Labute approximate surface area is 181 Å². The maximum Gasteiger partial charge on any atom is 0.229 e. The first-order valence-electron chi connectivity index (χ1n) is 10.3. The second-order valence-electron chi connectivity index (χ2n) is 7.69. The lowest BCUT2D eigenvalue weighted by atomic mass is 9.97. The van der Waals surface area contributed by atoms with Gasteiger partial charge in [0.2, 0.25) is 5.91 Å². The number of rotatable bonds is 5. The number of amides is 1. The highest BCUT2D eigenvalue weighted by atomic mass is 32.2. The third kappa shape index (κ3) is 4.82. The molecule has 2 aromatic carbocycles. The van der Waals surface area contributed by atoms with Crippen molar-refractivity contribution in [1.29, 1.82) is 0 Å². The van der Waals surface area contributed by atoms with Crippen molar-refractivity contribution < 1.29 is 4.79 Å². The quantitative estimate of drug-likeness (QED) is 0.625. The zero-order valence-corrected chi connectivity index (χ0v) is 18.2. The second-order valence-corrected chi connectivity index (χ2v) is 8.75. The molecule has 1 aromatic heterocycles. The van der Waals surface area contributed by atoms with Gasteiger partial charge in [0.25, 0.3) is 0 Å². The number of para-hydroxylation sites is 1. The van der Waals surface area contributed by atoms with Crippen molar-refractivity contribution in [3.63, 3.8) is 0 Å². The molecule has 1 amide bonds. The number of aryl methyl sites for hydroxylation is 2. The molecule has 1 atom stereocenters. The van der Waals surface area contributed by atoms with Crippen LogP contribution in [0.1, 0.15) is 24.0 Å². The predicted molar refractivity (Wildman–Crippen MR) is 122 cm³/mol. The summed E-state index contributed by atoms with van der Waals surface area (Å²) in [5.74, 6) is 0.861. The molecule has 0 saturated carbocycles. The van der Waals surface area contributed by atoms with E-state index in [-0.39, 0.29) is 11.8 Å². The van der Waals surface area contributed by atoms with Crippen molar-refractivity contribution in [1.82, 2.24) is 9.97 Å². The van der Waals surface area contributed by atoms with Crippen molar-refractivity contribution in [2.24, 2.45) is 5.92 Å². The average Bonchev–Trinajstić information content (AvgIpc) is 2.77. The van der Waals surface area contributed by atoms with Crippen LogP contribution in [0.3, 0.4) is 0 Å². The van der Waals surface area contributed by atoms with Crippen molar-refractivity contribution in [3.8, 4) is 0 Å². The van der Waals surface area contributed by atoms with Crippen LogP contribution in [0.4, 0.5) is 11.5 Å². The molecule has 1 fully saturated rings. The number of carbonyl (C=O) groups is 1. The smallest absolute Gasteiger partial charge is 0.229 e. The fourth-order valence-electron chi connectivity index (χ4n) is 3.66. The molecule has 1 aliphatic heterocycles. The molecular formula is C24H26N4OS. The van der Waals surface area contributed by atoms with Crippen LogP contribution in [0.5, 0.6) is 0 Å². The van der Waals surface area contributed by atoms with E-state index in [1.165, 1.54) is 5.56 Å². The van der Waals surface area contributed by atoms with Crippen LogP contribution >= 0.6 is 11.8 Å². The molecule has 5 nitrogen and oxygen atoms in total. The fraction of sp³-hybridized carbons (Fsp3) is 0.292. The van der Waals surface area contributed by atoms with E-state index in [1.807, 2.05) is 31.2 Å². The lowest BCUT2D eigenvalue weighted by Crippen LogP contribution is -2.41. The number of piperidine rings is 1. The Balaban J connectivity index is 1.49. The summed E-state index contributed by atoms with van der Waals surface area (Å²) >= 11 is 1.61. The summed E-state index contributed by atoms with van der Waals surface area (Å²) in [5, 5.41) is 3.98. The number of aromatic nitrogens is 2. The molecule has 30 heavy (non-hydrogen) atoms. The number of nitrogens with zero attached hydrogens (tertiary/aromatic N) is 3. The summed E-state index contributed by atoms with van der Waals surface area (Å²) in [4.78, 5) is 25.5. The molecular weight excluding hydrogens is 392 g/mol. The minimum atomic E-state index is -0.0717. The van der Waals surface area contributed by atoms with Gasteiger partial charge in [-0.15, -0.1) is 0 Å². The lowest BCUT2D eigenvalue weighted by molar-refractivity contribution is -0.120. The molecule has 1 N–H and O–H groups in total. The van der Waals surface area contributed by atoms with E-state index < -0.39 is 0 Å². The van der Waals surface area contributed by atoms with Crippen LogP contribution in [0, 0.1) is 19.8 Å². The van der Waals surface area contributed by atoms with Gasteiger partial charge in [-0.25, -0.2) is 9.97 Å². The van der Waals surface area contributed by atoms with Gasteiger partial charge in [0.1, 0.15) is 5.03 Å².